The Labute approximate surface area is 99.8 Å². The average Bonchev–Trinajstić information content (AvgIpc) is 3.09. The maximum Gasteiger partial charge on any atom is 0.236 e. The van der Waals surface area contributed by atoms with Gasteiger partial charge in [-0.05, 0) is 16.3 Å². The summed E-state index contributed by atoms with van der Waals surface area (Å²) in [7, 11) is 0. The van der Waals surface area contributed by atoms with Crippen molar-refractivity contribution in [3.05, 3.63) is 48.0 Å². The molecule has 17 heavy (non-hydrogen) atoms. The zero-order chi connectivity index (χ0) is 11.8. The summed E-state index contributed by atoms with van der Waals surface area (Å²) in [5.41, 5.74) is 6.53. The highest BCUT2D eigenvalue weighted by atomic mass is 16.1. The predicted molar refractivity (Wildman–Crippen MR) is 67.3 cm³/mol. The third-order valence-corrected chi connectivity index (χ3v) is 3.30. The van der Waals surface area contributed by atoms with E-state index in [9.17, 15) is 4.79 Å². The summed E-state index contributed by atoms with van der Waals surface area (Å²) in [4.78, 5) is 13.1. The molecule has 0 bridgehead atoms. The monoisotopic (exact) mass is 226 g/mol. The average molecular weight is 226 g/mol. The first-order valence-corrected chi connectivity index (χ1v) is 5.76. The van der Waals surface area contributed by atoms with E-state index in [-0.39, 0.29) is 11.9 Å². The van der Waals surface area contributed by atoms with E-state index in [0.29, 0.717) is 0 Å². The minimum Gasteiger partial charge on any atom is -0.368 e. The molecule has 0 saturated carbocycles. The van der Waals surface area contributed by atoms with Gasteiger partial charge in [0, 0.05) is 13.1 Å². The second-order valence-corrected chi connectivity index (χ2v) is 4.49. The molecule has 3 nitrogen and oxygen atoms in total. The molecule has 2 unspecified atom stereocenters. The van der Waals surface area contributed by atoms with Gasteiger partial charge in [-0.1, -0.05) is 42.5 Å². The van der Waals surface area contributed by atoms with Crippen molar-refractivity contribution in [1.82, 2.24) is 4.90 Å². The van der Waals surface area contributed by atoms with Gasteiger partial charge in [0.2, 0.25) is 5.91 Å². The molecular weight excluding hydrogens is 212 g/mol. The van der Waals surface area contributed by atoms with Crippen LogP contribution in [-0.2, 0) is 11.3 Å². The van der Waals surface area contributed by atoms with Crippen LogP contribution >= 0.6 is 0 Å². The smallest absolute Gasteiger partial charge is 0.236 e. The van der Waals surface area contributed by atoms with Crippen molar-refractivity contribution in [2.45, 2.75) is 12.6 Å². The van der Waals surface area contributed by atoms with E-state index in [1.165, 1.54) is 16.3 Å². The lowest BCUT2D eigenvalue weighted by Gasteiger charge is -2.07. The predicted octanol–water partition coefficient (Wildman–Crippen LogP) is 1.51. The Kier molecular flexibility index (Phi) is 2.34. The number of hydrogen-bond acceptors (Lipinski definition) is 2. The van der Waals surface area contributed by atoms with Crippen molar-refractivity contribution in [2.75, 3.05) is 6.54 Å². The molecule has 1 saturated heterocycles. The molecule has 3 heteroatoms. The molecule has 2 aromatic carbocycles. The maximum absolute atomic E-state index is 11.0. The van der Waals surface area contributed by atoms with E-state index in [4.69, 9.17) is 5.73 Å². The van der Waals surface area contributed by atoms with Crippen molar-refractivity contribution in [3.63, 3.8) is 0 Å². The first-order valence-electron chi connectivity index (χ1n) is 5.76. The molecule has 1 amide bonds. The molecule has 2 aromatic rings. The van der Waals surface area contributed by atoms with Crippen molar-refractivity contribution in [1.29, 1.82) is 0 Å². The van der Waals surface area contributed by atoms with E-state index >= 15 is 0 Å². The van der Waals surface area contributed by atoms with Crippen molar-refractivity contribution >= 4 is 16.7 Å². The summed E-state index contributed by atoms with van der Waals surface area (Å²) in [6, 6.07) is 14.5. The van der Waals surface area contributed by atoms with Gasteiger partial charge in [0.1, 0.15) is 6.04 Å². The highest BCUT2D eigenvalue weighted by Gasteiger charge is 2.38. The van der Waals surface area contributed by atoms with Crippen molar-refractivity contribution in [3.8, 4) is 0 Å². The molecular formula is C14H14N2O. The Bertz CT molecular complexity index is 574. The highest BCUT2D eigenvalue weighted by Crippen LogP contribution is 2.25. The number of carbonyl (C=O) groups excluding carboxylic acids is 1. The van der Waals surface area contributed by atoms with Crippen LogP contribution in [-0.4, -0.2) is 23.4 Å². The molecule has 1 aliphatic rings. The lowest BCUT2D eigenvalue weighted by atomic mass is 10.0. The van der Waals surface area contributed by atoms with Crippen LogP contribution in [0.15, 0.2) is 42.5 Å². The fourth-order valence-corrected chi connectivity index (χ4v) is 2.27. The SMILES string of the molecule is NC(=O)C1CN1Cc1cccc2ccccc12. The number of carbonyl (C=O) groups is 1. The Morgan fingerprint density at radius 3 is 2.76 bits per heavy atom. The third-order valence-electron chi connectivity index (χ3n) is 3.30. The topological polar surface area (TPSA) is 46.1 Å². The van der Waals surface area contributed by atoms with Gasteiger partial charge in [-0.15, -0.1) is 0 Å². The molecule has 0 spiro atoms. The van der Waals surface area contributed by atoms with Crippen LogP contribution < -0.4 is 5.73 Å². The quantitative estimate of drug-likeness (QED) is 0.806. The van der Waals surface area contributed by atoms with Gasteiger partial charge in [-0.2, -0.15) is 0 Å². The first kappa shape index (κ1) is 10.3. The molecule has 2 N–H and O–H groups in total. The van der Waals surface area contributed by atoms with Crippen molar-refractivity contribution < 1.29 is 4.79 Å². The van der Waals surface area contributed by atoms with Crippen LogP contribution in [0.1, 0.15) is 5.56 Å². The summed E-state index contributed by atoms with van der Waals surface area (Å²) in [5.74, 6) is -0.217. The van der Waals surface area contributed by atoms with Crippen LogP contribution in [0.4, 0.5) is 0 Å². The number of rotatable bonds is 3. The fraction of sp³-hybridized carbons (Fsp3) is 0.214. The van der Waals surface area contributed by atoms with E-state index in [0.717, 1.165) is 13.1 Å². The summed E-state index contributed by atoms with van der Waals surface area (Å²) >= 11 is 0. The van der Waals surface area contributed by atoms with E-state index < -0.39 is 0 Å². The molecule has 3 rings (SSSR count). The van der Waals surface area contributed by atoms with Gasteiger partial charge >= 0.3 is 0 Å². The van der Waals surface area contributed by atoms with Gasteiger partial charge in [0.05, 0.1) is 0 Å². The third kappa shape index (κ3) is 1.89. The lowest BCUT2D eigenvalue weighted by Crippen LogP contribution is -2.21. The van der Waals surface area contributed by atoms with E-state index in [2.05, 4.69) is 35.2 Å². The van der Waals surface area contributed by atoms with Crippen LogP contribution in [0, 0.1) is 0 Å². The standard InChI is InChI=1S/C14H14N2O/c15-14(17)13-9-16(13)8-11-6-3-5-10-4-1-2-7-12(10)11/h1-7,13H,8-9H2,(H2,15,17). The van der Waals surface area contributed by atoms with Crippen LogP contribution in [0.5, 0.6) is 0 Å². The minimum atomic E-state index is -0.217. The van der Waals surface area contributed by atoms with Gasteiger partial charge < -0.3 is 5.73 Å². The number of nitrogens with two attached hydrogens (primary N) is 1. The van der Waals surface area contributed by atoms with E-state index in [1.807, 2.05) is 12.1 Å². The number of amides is 1. The summed E-state index contributed by atoms with van der Waals surface area (Å²) in [5, 5.41) is 2.49. The molecule has 0 aromatic heterocycles. The van der Waals surface area contributed by atoms with E-state index in [1.54, 1.807) is 0 Å². The fourth-order valence-electron chi connectivity index (χ4n) is 2.27. The van der Waals surface area contributed by atoms with Gasteiger partial charge in [-0.3, -0.25) is 9.69 Å². The number of primary amides is 1. The molecule has 0 radical (unpaired) electrons. The molecule has 2 atom stereocenters. The largest absolute Gasteiger partial charge is 0.368 e. The second-order valence-electron chi connectivity index (χ2n) is 4.49. The van der Waals surface area contributed by atoms with Crippen LogP contribution in [0.3, 0.4) is 0 Å². The second kappa shape index (κ2) is 3.86. The molecule has 1 fully saturated rings. The number of nitrogens with zero attached hydrogens (tertiary/aromatic N) is 1. The lowest BCUT2D eigenvalue weighted by molar-refractivity contribution is -0.118. The van der Waals surface area contributed by atoms with Gasteiger partial charge in [0.25, 0.3) is 0 Å². The molecule has 1 aliphatic heterocycles. The number of fused-ring (bicyclic) bond motifs is 1. The maximum atomic E-state index is 11.0. The summed E-state index contributed by atoms with van der Waals surface area (Å²) in [6.45, 7) is 1.59. The first-order chi connectivity index (χ1) is 8.25. The Hall–Kier alpha value is -1.87. The number of hydrogen-bond donors (Lipinski definition) is 1. The molecule has 1 heterocycles. The number of benzene rings is 2. The summed E-state index contributed by atoms with van der Waals surface area (Å²) in [6.07, 6.45) is 0. The van der Waals surface area contributed by atoms with Crippen LogP contribution in [0.2, 0.25) is 0 Å². The Morgan fingerprint density at radius 1 is 1.24 bits per heavy atom. The van der Waals surface area contributed by atoms with Crippen LogP contribution in [0.25, 0.3) is 10.8 Å². The summed E-state index contributed by atoms with van der Waals surface area (Å²) < 4.78 is 0. The van der Waals surface area contributed by atoms with Gasteiger partial charge in [-0.25, -0.2) is 0 Å². The molecule has 0 aliphatic carbocycles. The Balaban J connectivity index is 1.89. The Morgan fingerprint density at radius 2 is 2.00 bits per heavy atom. The minimum absolute atomic E-state index is 0.0611. The van der Waals surface area contributed by atoms with Gasteiger partial charge in [0.15, 0.2) is 0 Å². The zero-order valence-corrected chi connectivity index (χ0v) is 9.47. The normalized spacial score (nSPS) is 22.6. The highest BCUT2D eigenvalue weighted by molar-refractivity contribution is 5.86. The zero-order valence-electron chi connectivity index (χ0n) is 9.47. The van der Waals surface area contributed by atoms with Crippen molar-refractivity contribution in [2.24, 2.45) is 5.73 Å². The molecule has 86 valence electrons.